The number of hydrogen-bond acceptors (Lipinski definition) is 6. The highest BCUT2D eigenvalue weighted by Gasteiger charge is 2.61. The predicted molar refractivity (Wildman–Crippen MR) is 90.1 cm³/mol. The number of ether oxygens (including phenoxy) is 6. The summed E-state index contributed by atoms with van der Waals surface area (Å²) in [5.74, 6) is 2.64. The molecule has 26 heavy (non-hydrogen) atoms. The zero-order chi connectivity index (χ0) is 17.3. The van der Waals surface area contributed by atoms with Gasteiger partial charge in [-0.1, -0.05) is 6.92 Å². The maximum Gasteiger partial charge on any atom is 0.412 e. The Hall–Kier alpha value is -0.240. The molecule has 146 valence electrons. The van der Waals surface area contributed by atoms with Crippen molar-refractivity contribution in [1.82, 2.24) is 0 Å². The molecule has 2 saturated carbocycles. The van der Waals surface area contributed by atoms with Crippen molar-refractivity contribution in [3.8, 4) is 0 Å². The van der Waals surface area contributed by atoms with E-state index in [1.165, 1.54) is 25.7 Å². The van der Waals surface area contributed by atoms with Crippen molar-refractivity contribution < 1.29 is 28.4 Å². The van der Waals surface area contributed by atoms with Gasteiger partial charge in [-0.2, -0.15) is 0 Å². The van der Waals surface area contributed by atoms with E-state index in [2.05, 4.69) is 6.92 Å². The van der Waals surface area contributed by atoms with Crippen molar-refractivity contribution in [2.45, 2.75) is 69.6 Å². The average molecular weight is 366 g/mol. The fraction of sp³-hybridized carbons (Fsp3) is 1.00. The first-order chi connectivity index (χ1) is 12.8. The molecule has 1 spiro atoms. The summed E-state index contributed by atoms with van der Waals surface area (Å²) in [6.45, 7) is 4.73. The summed E-state index contributed by atoms with van der Waals surface area (Å²) in [6.07, 6.45) is 6.78. The molecule has 0 N–H and O–H groups in total. The van der Waals surface area contributed by atoms with Crippen LogP contribution in [-0.4, -0.2) is 57.0 Å². The molecule has 6 atom stereocenters. The molecule has 0 radical (unpaired) electrons. The predicted octanol–water partition coefficient (Wildman–Crippen LogP) is 2.30. The van der Waals surface area contributed by atoms with Crippen molar-refractivity contribution >= 4 is 0 Å². The first kappa shape index (κ1) is 16.7. The fourth-order valence-electron chi connectivity index (χ4n) is 6.07. The van der Waals surface area contributed by atoms with Crippen molar-refractivity contribution in [2.24, 2.45) is 29.6 Å². The average Bonchev–Trinajstić information content (AvgIpc) is 3.57. The van der Waals surface area contributed by atoms with Crippen LogP contribution in [0, 0.1) is 29.6 Å². The molecule has 4 heterocycles. The zero-order valence-electron chi connectivity index (χ0n) is 15.5. The van der Waals surface area contributed by atoms with E-state index in [-0.39, 0.29) is 0 Å². The van der Waals surface area contributed by atoms with Crippen LogP contribution < -0.4 is 0 Å². The lowest BCUT2D eigenvalue weighted by molar-refractivity contribution is -0.536. The second-order valence-electron chi connectivity index (χ2n) is 9.12. The molecular weight excluding hydrogens is 336 g/mol. The van der Waals surface area contributed by atoms with Gasteiger partial charge in [-0.05, 0) is 49.9 Å². The van der Waals surface area contributed by atoms with E-state index in [1.54, 1.807) is 0 Å². The van der Waals surface area contributed by atoms with Crippen LogP contribution in [0.4, 0.5) is 0 Å². The lowest BCUT2D eigenvalue weighted by atomic mass is 9.71. The Balaban J connectivity index is 1.15. The lowest BCUT2D eigenvalue weighted by Crippen LogP contribution is -2.55. The highest BCUT2D eigenvalue weighted by Crippen LogP contribution is 2.56. The van der Waals surface area contributed by atoms with Gasteiger partial charge in [0.15, 0.2) is 0 Å². The second kappa shape index (κ2) is 6.13. The van der Waals surface area contributed by atoms with Crippen molar-refractivity contribution in [3.05, 3.63) is 0 Å². The highest BCUT2D eigenvalue weighted by molar-refractivity contribution is 5.08. The van der Waals surface area contributed by atoms with E-state index in [9.17, 15) is 0 Å². The molecule has 6 rings (SSSR count). The van der Waals surface area contributed by atoms with Crippen molar-refractivity contribution in [1.29, 1.82) is 0 Å². The number of hydrogen-bond donors (Lipinski definition) is 0. The van der Waals surface area contributed by atoms with Gasteiger partial charge < -0.3 is 28.4 Å². The van der Waals surface area contributed by atoms with E-state index >= 15 is 0 Å². The van der Waals surface area contributed by atoms with Gasteiger partial charge in [0.2, 0.25) is 0 Å². The second-order valence-corrected chi connectivity index (χ2v) is 9.12. The maximum atomic E-state index is 6.06. The highest BCUT2D eigenvalue weighted by atomic mass is 17.0. The van der Waals surface area contributed by atoms with E-state index in [4.69, 9.17) is 28.4 Å². The Labute approximate surface area is 154 Å². The van der Waals surface area contributed by atoms with Gasteiger partial charge in [0.25, 0.3) is 0 Å². The molecule has 6 nitrogen and oxygen atoms in total. The molecule has 6 unspecified atom stereocenters. The Morgan fingerprint density at radius 2 is 1.31 bits per heavy atom. The Morgan fingerprint density at radius 1 is 0.769 bits per heavy atom. The summed E-state index contributed by atoms with van der Waals surface area (Å²) < 4.78 is 35.6. The third-order valence-corrected chi connectivity index (χ3v) is 7.71. The fourth-order valence-corrected chi connectivity index (χ4v) is 6.07. The first-order valence-corrected chi connectivity index (χ1v) is 10.6. The molecule has 0 bridgehead atoms. The molecule has 4 saturated heterocycles. The Kier molecular flexibility index (Phi) is 3.93. The molecule has 4 aliphatic heterocycles. The summed E-state index contributed by atoms with van der Waals surface area (Å²) >= 11 is 0. The van der Waals surface area contributed by atoms with Crippen LogP contribution in [-0.2, 0) is 28.4 Å². The molecule has 6 fully saturated rings. The first-order valence-electron chi connectivity index (χ1n) is 10.6. The van der Waals surface area contributed by atoms with Crippen molar-refractivity contribution in [2.75, 3.05) is 26.4 Å². The minimum Gasteiger partial charge on any atom is -0.369 e. The van der Waals surface area contributed by atoms with Gasteiger partial charge in [-0.25, -0.2) is 0 Å². The third-order valence-electron chi connectivity index (χ3n) is 7.71. The normalized spacial score (nSPS) is 56.2. The number of epoxide rings is 2. The Morgan fingerprint density at radius 3 is 1.73 bits per heavy atom. The van der Waals surface area contributed by atoms with E-state index < -0.39 is 6.16 Å². The summed E-state index contributed by atoms with van der Waals surface area (Å²) in [5, 5.41) is 0. The summed E-state index contributed by atoms with van der Waals surface area (Å²) in [5.41, 5.74) is 0. The molecule has 6 heteroatoms. The number of rotatable bonds is 4. The van der Waals surface area contributed by atoms with Crippen LogP contribution in [0.1, 0.15) is 39.0 Å². The topological polar surface area (TPSA) is 62.0 Å². The molecule has 0 aromatic heterocycles. The summed E-state index contributed by atoms with van der Waals surface area (Å²) in [6, 6.07) is 0. The maximum absolute atomic E-state index is 6.06. The van der Waals surface area contributed by atoms with Crippen molar-refractivity contribution in [3.63, 3.8) is 0 Å². The zero-order valence-corrected chi connectivity index (χ0v) is 15.5. The summed E-state index contributed by atoms with van der Waals surface area (Å²) in [4.78, 5) is 0. The smallest absolute Gasteiger partial charge is 0.369 e. The quantitative estimate of drug-likeness (QED) is 0.712. The van der Waals surface area contributed by atoms with Gasteiger partial charge in [0.05, 0.1) is 50.8 Å². The summed E-state index contributed by atoms with van der Waals surface area (Å²) in [7, 11) is 0. The molecule has 6 aliphatic rings. The molecule has 0 aromatic carbocycles. The monoisotopic (exact) mass is 366 g/mol. The largest absolute Gasteiger partial charge is 0.412 e. The van der Waals surface area contributed by atoms with E-state index in [1.807, 2.05) is 0 Å². The lowest BCUT2D eigenvalue weighted by Gasteiger charge is -2.45. The van der Waals surface area contributed by atoms with Gasteiger partial charge in [-0.3, -0.25) is 0 Å². The van der Waals surface area contributed by atoms with Crippen LogP contribution >= 0.6 is 0 Å². The minimum absolute atomic E-state index is 0.373. The Bertz CT molecular complexity index is 510. The molecular formula is C20H30O6. The van der Waals surface area contributed by atoms with Crippen LogP contribution in [0.15, 0.2) is 0 Å². The number of fused-ring (bicyclic) bond motifs is 2. The third kappa shape index (κ3) is 2.68. The van der Waals surface area contributed by atoms with Gasteiger partial charge in [0, 0.05) is 11.8 Å². The van der Waals surface area contributed by atoms with Crippen LogP contribution in [0.5, 0.6) is 0 Å². The van der Waals surface area contributed by atoms with Gasteiger partial charge in [0.1, 0.15) is 0 Å². The minimum atomic E-state index is -1.25. The molecule has 0 amide bonds. The van der Waals surface area contributed by atoms with E-state index in [0.29, 0.717) is 80.4 Å². The van der Waals surface area contributed by atoms with Crippen LogP contribution in [0.25, 0.3) is 0 Å². The molecule has 0 aromatic rings. The SMILES string of the molecule is CCC1COC2(OC1)OCC(C(C1CCC3OC31)C1CCC3OC31)CO2. The standard InChI is InChI=1S/C20H30O6/c1-2-11-7-21-20(22-8-11)23-9-12(10-24-20)17(13-3-5-15-18(13)25-15)14-4-6-16-19(14)26-16/h11-19H,2-10H2,1H3. The van der Waals surface area contributed by atoms with E-state index in [0.717, 1.165) is 6.42 Å². The molecule has 2 aliphatic carbocycles. The van der Waals surface area contributed by atoms with Gasteiger partial charge in [-0.15, -0.1) is 0 Å². The van der Waals surface area contributed by atoms with Gasteiger partial charge >= 0.3 is 6.16 Å². The van der Waals surface area contributed by atoms with Crippen LogP contribution in [0.2, 0.25) is 0 Å². The van der Waals surface area contributed by atoms with Crippen LogP contribution in [0.3, 0.4) is 0 Å².